The van der Waals surface area contributed by atoms with Gasteiger partial charge in [-0.1, -0.05) is 22.0 Å². The highest BCUT2D eigenvalue weighted by Gasteiger charge is 2.25. The minimum atomic E-state index is -0.0461. The number of amides is 1. The minimum Gasteiger partial charge on any atom is -0.373 e. The number of carbonyl (C=O) groups is 1. The SMILES string of the molecule is Cc1ccc(Br)cc1C(=O)N1CCOC(CN)C1. The number of hydrogen-bond donors (Lipinski definition) is 1. The number of ether oxygens (including phenoxy) is 1. The lowest BCUT2D eigenvalue weighted by atomic mass is 10.1. The lowest BCUT2D eigenvalue weighted by molar-refractivity contribution is -0.0167. The van der Waals surface area contributed by atoms with Crippen LogP contribution in [0.4, 0.5) is 0 Å². The number of carbonyl (C=O) groups excluding carboxylic acids is 1. The van der Waals surface area contributed by atoms with Gasteiger partial charge in [0.25, 0.3) is 5.91 Å². The largest absolute Gasteiger partial charge is 0.373 e. The van der Waals surface area contributed by atoms with E-state index in [1.165, 1.54) is 0 Å². The van der Waals surface area contributed by atoms with Crippen LogP contribution in [0.5, 0.6) is 0 Å². The highest BCUT2D eigenvalue weighted by molar-refractivity contribution is 9.10. The van der Waals surface area contributed by atoms with Crippen LogP contribution in [0.15, 0.2) is 22.7 Å². The van der Waals surface area contributed by atoms with Gasteiger partial charge in [-0.15, -0.1) is 0 Å². The van der Waals surface area contributed by atoms with E-state index in [-0.39, 0.29) is 12.0 Å². The molecule has 2 N–H and O–H groups in total. The Kier molecular flexibility index (Phi) is 4.37. The first kappa shape index (κ1) is 13.5. The van der Waals surface area contributed by atoms with Gasteiger partial charge in [0.15, 0.2) is 0 Å². The van der Waals surface area contributed by atoms with Gasteiger partial charge in [0.2, 0.25) is 0 Å². The third-order valence-electron chi connectivity index (χ3n) is 3.12. The standard InChI is InChI=1S/C13H17BrN2O2/c1-9-2-3-10(14)6-12(9)13(17)16-4-5-18-11(7-15)8-16/h2-3,6,11H,4-5,7-8,15H2,1H3. The molecular formula is C13H17BrN2O2. The number of aryl methyl sites for hydroxylation is 1. The van der Waals surface area contributed by atoms with E-state index in [2.05, 4.69) is 15.9 Å². The van der Waals surface area contributed by atoms with Crippen molar-refractivity contribution in [2.24, 2.45) is 5.73 Å². The van der Waals surface area contributed by atoms with Crippen molar-refractivity contribution in [3.05, 3.63) is 33.8 Å². The molecule has 5 heteroatoms. The number of nitrogens with two attached hydrogens (primary N) is 1. The normalized spacial score (nSPS) is 19.9. The Morgan fingerprint density at radius 1 is 1.61 bits per heavy atom. The number of nitrogens with zero attached hydrogens (tertiary/aromatic N) is 1. The Bertz CT molecular complexity index is 451. The third kappa shape index (κ3) is 2.91. The highest BCUT2D eigenvalue weighted by Crippen LogP contribution is 2.19. The zero-order valence-corrected chi connectivity index (χ0v) is 11.9. The van der Waals surface area contributed by atoms with E-state index in [0.29, 0.717) is 26.2 Å². The Labute approximate surface area is 115 Å². The Hall–Kier alpha value is -0.910. The van der Waals surface area contributed by atoms with E-state index in [1.807, 2.05) is 30.0 Å². The maximum absolute atomic E-state index is 12.4. The molecule has 1 atom stereocenters. The van der Waals surface area contributed by atoms with Crippen LogP contribution >= 0.6 is 15.9 Å². The quantitative estimate of drug-likeness (QED) is 0.901. The van der Waals surface area contributed by atoms with Gasteiger partial charge >= 0.3 is 0 Å². The summed E-state index contributed by atoms with van der Waals surface area (Å²) in [5.41, 5.74) is 7.31. The smallest absolute Gasteiger partial charge is 0.254 e. The molecule has 2 rings (SSSR count). The van der Waals surface area contributed by atoms with Gasteiger partial charge in [-0.3, -0.25) is 4.79 Å². The van der Waals surface area contributed by atoms with E-state index in [4.69, 9.17) is 10.5 Å². The Morgan fingerprint density at radius 2 is 2.39 bits per heavy atom. The number of rotatable bonds is 2. The van der Waals surface area contributed by atoms with Crippen molar-refractivity contribution in [3.8, 4) is 0 Å². The molecule has 18 heavy (non-hydrogen) atoms. The van der Waals surface area contributed by atoms with E-state index >= 15 is 0 Å². The van der Waals surface area contributed by atoms with Gasteiger partial charge in [0.1, 0.15) is 0 Å². The summed E-state index contributed by atoms with van der Waals surface area (Å²) in [5.74, 6) is 0.0514. The van der Waals surface area contributed by atoms with Crippen molar-refractivity contribution < 1.29 is 9.53 Å². The molecule has 1 amide bonds. The predicted octanol–water partition coefficient (Wildman–Crippen LogP) is 1.56. The zero-order chi connectivity index (χ0) is 13.1. The Balaban J connectivity index is 2.17. The monoisotopic (exact) mass is 312 g/mol. The summed E-state index contributed by atoms with van der Waals surface area (Å²) in [5, 5.41) is 0. The average molecular weight is 313 g/mol. The highest BCUT2D eigenvalue weighted by atomic mass is 79.9. The lowest BCUT2D eigenvalue weighted by Crippen LogP contribution is -2.48. The maximum Gasteiger partial charge on any atom is 0.254 e. The van der Waals surface area contributed by atoms with E-state index in [9.17, 15) is 4.79 Å². The molecule has 0 aliphatic carbocycles. The van der Waals surface area contributed by atoms with Crippen LogP contribution in [0.2, 0.25) is 0 Å². The second kappa shape index (κ2) is 5.82. The van der Waals surface area contributed by atoms with Gasteiger partial charge in [0.05, 0.1) is 12.7 Å². The molecule has 0 aromatic heterocycles. The molecule has 1 aliphatic rings. The van der Waals surface area contributed by atoms with Gasteiger partial charge in [0, 0.05) is 29.7 Å². The van der Waals surface area contributed by atoms with Crippen molar-refractivity contribution >= 4 is 21.8 Å². The number of hydrogen-bond acceptors (Lipinski definition) is 3. The summed E-state index contributed by atoms with van der Waals surface area (Å²) in [6.07, 6.45) is -0.0461. The van der Waals surface area contributed by atoms with Crippen LogP contribution in [-0.4, -0.2) is 43.2 Å². The summed E-state index contributed by atoms with van der Waals surface area (Å²) in [4.78, 5) is 14.3. The van der Waals surface area contributed by atoms with E-state index in [0.717, 1.165) is 15.6 Å². The molecular weight excluding hydrogens is 296 g/mol. The van der Waals surface area contributed by atoms with Gasteiger partial charge in [-0.05, 0) is 24.6 Å². The molecule has 0 radical (unpaired) electrons. The zero-order valence-electron chi connectivity index (χ0n) is 10.4. The molecule has 1 saturated heterocycles. The lowest BCUT2D eigenvalue weighted by Gasteiger charge is -2.32. The van der Waals surface area contributed by atoms with Gasteiger partial charge in [-0.25, -0.2) is 0 Å². The molecule has 0 saturated carbocycles. The fourth-order valence-corrected chi connectivity index (χ4v) is 2.40. The van der Waals surface area contributed by atoms with E-state index in [1.54, 1.807) is 0 Å². The van der Waals surface area contributed by atoms with Crippen LogP contribution in [0.1, 0.15) is 15.9 Å². The fraction of sp³-hybridized carbons (Fsp3) is 0.462. The number of halogens is 1. The maximum atomic E-state index is 12.4. The van der Waals surface area contributed by atoms with Crippen molar-refractivity contribution in [2.45, 2.75) is 13.0 Å². The second-order valence-electron chi connectivity index (χ2n) is 4.44. The molecule has 0 spiro atoms. The molecule has 0 bridgehead atoms. The minimum absolute atomic E-state index is 0.0461. The molecule has 1 unspecified atom stereocenters. The van der Waals surface area contributed by atoms with Crippen molar-refractivity contribution in [3.63, 3.8) is 0 Å². The number of benzene rings is 1. The molecule has 1 heterocycles. The van der Waals surface area contributed by atoms with Gasteiger partial charge < -0.3 is 15.4 Å². The van der Waals surface area contributed by atoms with Gasteiger partial charge in [-0.2, -0.15) is 0 Å². The molecule has 1 aromatic carbocycles. The fourth-order valence-electron chi connectivity index (χ4n) is 2.04. The molecule has 1 aromatic rings. The first-order chi connectivity index (χ1) is 8.61. The van der Waals surface area contributed by atoms with Crippen LogP contribution < -0.4 is 5.73 Å². The summed E-state index contributed by atoms with van der Waals surface area (Å²) < 4.78 is 6.39. The summed E-state index contributed by atoms with van der Waals surface area (Å²) >= 11 is 3.40. The average Bonchev–Trinajstić information content (AvgIpc) is 2.41. The molecule has 1 aliphatic heterocycles. The van der Waals surface area contributed by atoms with Crippen LogP contribution in [0.3, 0.4) is 0 Å². The predicted molar refractivity (Wildman–Crippen MR) is 73.6 cm³/mol. The molecule has 4 nitrogen and oxygen atoms in total. The van der Waals surface area contributed by atoms with Crippen molar-refractivity contribution in [1.29, 1.82) is 0 Å². The Morgan fingerprint density at radius 3 is 3.11 bits per heavy atom. The molecule has 1 fully saturated rings. The van der Waals surface area contributed by atoms with Crippen molar-refractivity contribution in [2.75, 3.05) is 26.2 Å². The first-order valence-electron chi connectivity index (χ1n) is 5.99. The second-order valence-corrected chi connectivity index (χ2v) is 5.35. The van der Waals surface area contributed by atoms with E-state index < -0.39 is 0 Å². The molecule has 98 valence electrons. The van der Waals surface area contributed by atoms with Crippen LogP contribution in [-0.2, 0) is 4.74 Å². The first-order valence-corrected chi connectivity index (χ1v) is 6.78. The summed E-state index contributed by atoms with van der Waals surface area (Å²) in [6.45, 7) is 4.14. The topological polar surface area (TPSA) is 55.6 Å². The third-order valence-corrected chi connectivity index (χ3v) is 3.61. The van der Waals surface area contributed by atoms with Crippen LogP contribution in [0.25, 0.3) is 0 Å². The number of morpholine rings is 1. The van der Waals surface area contributed by atoms with Crippen LogP contribution in [0, 0.1) is 6.92 Å². The summed E-state index contributed by atoms with van der Waals surface area (Å²) in [7, 11) is 0. The van der Waals surface area contributed by atoms with Crippen molar-refractivity contribution in [1.82, 2.24) is 4.90 Å². The summed E-state index contributed by atoms with van der Waals surface area (Å²) in [6, 6.07) is 5.75.